The highest BCUT2D eigenvalue weighted by Crippen LogP contribution is 2.29. The molecule has 1 aliphatic rings. The van der Waals surface area contributed by atoms with Crippen LogP contribution in [0.2, 0.25) is 0 Å². The lowest BCUT2D eigenvalue weighted by atomic mass is 10.1. The molecule has 2 amide bonds. The Kier molecular flexibility index (Phi) is 4.52. The van der Waals surface area contributed by atoms with Gasteiger partial charge < -0.3 is 10.6 Å². The van der Waals surface area contributed by atoms with E-state index < -0.39 is 0 Å². The maximum Gasteiger partial charge on any atom is 0.270 e. The van der Waals surface area contributed by atoms with Gasteiger partial charge in [0.05, 0.1) is 11.6 Å². The quantitative estimate of drug-likeness (QED) is 0.881. The molecule has 1 heterocycles. The average molecular weight is 319 g/mol. The number of carbonyl (C=O) groups excluding carboxylic acids is 2. The predicted molar refractivity (Wildman–Crippen MR) is 86.8 cm³/mol. The van der Waals surface area contributed by atoms with E-state index >= 15 is 0 Å². The highest BCUT2D eigenvalue weighted by atomic mass is 16.2. The summed E-state index contributed by atoms with van der Waals surface area (Å²) in [5, 5.41) is 14.2. The van der Waals surface area contributed by atoms with Crippen LogP contribution in [0.25, 0.3) is 0 Å². The van der Waals surface area contributed by atoms with Crippen molar-refractivity contribution in [2.75, 3.05) is 5.32 Å². The Hall–Kier alpha value is -3.20. The van der Waals surface area contributed by atoms with Gasteiger partial charge in [0.1, 0.15) is 11.5 Å². The number of aromatic nitrogens is 1. The fourth-order valence-corrected chi connectivity index (χ4v) is 2.12. The van der Waals surface area contributed by atoms with E-state index in [1.807, 2.05) is 6.07 Å². The molecule has 6 heteroatoms. The summed E-state index contributed by atoms with van der Waals surface area (Å²) < 4.78 is 0. The Labute approximate surface area is 139 Å². The number of amides is 2. The van der Waals surface area contributed by atoms with E-state index in [1.165, 1.54) is 12.1 Å². The monoisotopic (exact) mass is 319 g/mol. The van der Waals surface area contributed by atoms with Crippen LogP contribution in [-0.4, -0.2) is 16.8 Å². The minimum Gasteiger partial charge on any atom is -0.347 e. The fourth-order valence-electron chi connectivity index (χ4n) is 2.12. The molecule has 1 aromatic heterocycles. The second-order valence-corrected chi connectivity index (χ2v) is 5.59. The van der Waals surface area contributed by atoms with Gasteiger partial charge in [-0.3, -0.25) is 9.59 Å². The SMILES string of the molecule is N#Cc1ccc(CNC(=O)c2c[c]cc(NC(=O)C3CC3)n2)cc1. The zero-order chi connectivity index (χ0) is 16.9. The normalized spacial score (nSPS) is 13.0. The number of hydrogen-bond donors (Lipinski definition) is 2. The molecule has 0 saturated heterocycles. The largest absolute Gasteiger partial charge is 0.347 e. The molecular weight excluding hydrogens is 304 g/mol. The van der Waals surface area contributed by atoms with Crippen LogP contribution < -0.4 is 10.6 Å². The smallest absolute Gasteiger partial charge is 0.270 e. The van der Waals surface area contributed by atoms with Gasteiger partial charge in [-0.05, 0) is 48.7 Å². The van der Waals surface area contributed by atoms with Crippen LogP contribution in [0.15, 0.2) is 36.4 Å². The van der Waals surface area contributed by atoms with E-state index in [9.17, 15) is 9.59 Å². The van der Waals surface area contributed by atoms with Crippen molar-refractivity contribution in [2.45, 2.75) is 19.4 Å². The van der Waals surface area contributed by atoms with Gasteiger partial charge in [-0.15, -0.1) is 0 Å². The molecule has 6 nitrogen and oxygen atoms in total. The molecule has 1 aliphatic carbocycles. The first-order valence-electron chi connectivity index (χ1n) is 7.62. The van der Waals surface area contributed by atoms with Crippen LogP contribution in [-0.2, 0) is 11.3 Å². The van der Waals surface area contributed by atoms with Crippen molar-refractivity contribution in [1.29, 1.82) is 5.26 Å². The molecule has 0 atom stereocenters. The number of hydrogen-bond acceptors (Lipinski definition) is 4. The summed E-state index contributed by atoms with van der Waals surface area (Å²) in [5.74, 6) is -0.0113. The molecule has 1 saturated carbocycles. The summed E-state index contributed by atoms with van der Waals surface area (Å²) in [6, 6.07) is 14.8. The Morgan fingerprint density at radius 1 is 1.25 bits per heavy atom. The van der Waals surface area contributed by atoms with Gasteiger partial charge in [-0.25, -0.2) is 4.98 Å². The van der Waals surface area contributed by atoms with Gasteiger partial charge in [0.2, 0.25) is 5.91 Å². The van der Waals surface area contributed by atoms with Crippen LogP contribution in [0.4, 0.5) is 5.82 Å². The van der Waals surface area contributed by atoms with E-state index in [1.54, 1.807) is 24.3 Å². The zero-order valence-electron chi connectivity index (χ0n) is 12.9. The number of benzene rings is 1. The van der Waals surface area contributed by atoms with Crippen molar-refractivity contribution in [3.8, 4) is 6.07 Å². The first-order valence-corrected chi connectivity index (χ1v) is 7.62. The van der Waals surface area contributed by atoms with Crippen LogP contribution in [0.5, 0.6) is 0 Å². The third-order valence-corrected chi connectivity index (χ3v) is 3.65. The molecule has 1 fully saturated rings. The molecule has 1 aromatic carbocycles. The number of nitrogens with zero attached hydrogens (tertiary/aromatic N) is 2. The Morgan fingerprint density at radius 3 is 2.67 bits per heavy atom. The fraction of sp³-hybridized carbons (Fsp3) is 0.222. The van der Waals surface area contributed by atoms with Crippen molar-refractivity contribution < 1.29 is 9.59 Å². The van der Waals surface area contributed by atoms with E-state index in [0.717, 1.165) is 18.4 Å². The third kappa shape index (κ3) is 3.96. The predicted octanol–water partition coefficient (Wildman–Crippen LogP) is 2.03. The lowest BCUT2D eigenvalue weighted by Gasteiger charge is -2.07. The number of anilines is 1. The number of rotatable bonds is 5. The molecule has 0 spiro atoms. The molecule has 1 radical (unpaired) electrons. The molecular formula is C18H15N4O2. The van der Waals surface area contributed by atoms with Crippen LogP contribution in [0.3, 0.4) is 0 Å². The van der Waals surface area contributed by atoms with E-state index in [2.05, 4.69) is 21.7 Å². The first kappa shape index (κ1) is 15.7. The van der Waals surface area contributed by atoms with Crippen molar-refractivity contribution in [3.05, 3.63) is 59.3 Å². The topological polar surface area (TPSA) is 94.9 Å². The number of nitriles is 1. The molecule has 0 unspecified atom stereocenters. The second kappa shape index (κ2) is 6.92. The molecule has 24 heavy (non-hydrogen) atoms. The number of pyridine rings is 1. The minimum absolute atomic E-state index is 0.0639. The van der Waals surface area contributed by atoms with Crippen molar-refractivity contribution in [1.82, 2.24) is 10.3 Å². The molecule has 0 bridgehead atoms. The number of nitrogens with one attached hydrogen (secondary N) is 2. The van der Waals surface area contributed by atoms with Gasteiger partial charge in [0.15, 0.2) is 0 Å². The molecule has 2 aromatic rings. The van der Waals surface area contributed by atoms with Crippen molar-refractivity contribution in [2.24, 2.45) is 5.92 Å². The van der Waals surface area contributed by atoms with E-state index in [4.69, 9.17) is 5.26 Å². The van der Waals surface area contributed by atoms with E-state index in [-0.39, 0.29) is 23.4 Å². The van der Waals surface area contributed by atoms with Gasteiger partial charge in [-0.2, -0.15) is 5.26 Å². The summed E-state index contributed by atoms with van der Waals surface area (Å²) >= 11 is 0. The van der Waals surface area contributed by atoms with Gasteiger partial charge in [0, 0.05) is 12.5 Å². The average Bonchev–Trinajstić information content (AvgIpc) is 3.45. The summed E-state index contributed by atoms with van der Waals surface area (Å²) in [6.45, 7) is 0.324. The Balaban J connectivity index is 1.59. The lowest BCUT2D eigenvalue weighted by Crippen LogP contribution is -2.24. The first-order chi connectivity index (χ1) is 11.7. The third-order valence-electron chi connectivity index (χ3n) is 3.65. The standard InChI is InChI=1S/C18H15N4O2/c19-10-12-4-6-13(7-5-12)11-20-18(24)15-2-1-3-16(21-15)22-17(23)14-8-9-14/h2-7,14H,8-9,11H2,(H,20,24)(H,21,22,23). The minimum atomic E-state index is -0.349. The maximum absolute atomic E-state index is 12.2. The van der Waals surface area contributed by atoms with Crippen LogP contribution in [0.1, 0.15) is 34.5 Å². The zero-order valence-corrected chi connectivity index (χ0v) is 12.9. The van der Waals surface area contributed by atoms with Gasteiger partial charge in [0.25, 0.3) is 5.91 Å². The van der Waals surface area contributed by atoms with Gasteiger partial charge >= 0.3 is 0 Å². The second-order valence-electron chi connectivity index (χ2n) is 5.59. The Morgan fingerprint density at radius 2 is 2.00 bits per heavy atom. The summed E-state index contributed by atoms with van der Waals surface area (Å²) in [5.41, 5.74) is 1.64. The van der Waals surface area contributed by atoms with Gasteiger partial charge in [-0.1, -0.05) is 12.1 Å². The Bertz CT molecular complexity index is 805. The van der Waals surface area contributed by atoms with Crippen molar-refractivity contribution in [3.63, 3.8) is 0 Å². The molecule has 2 N–H and O–H groups in total. The van der Waals surface area contributed by atoms with E-state index in [0.29, 0.717) is 17.9 Å². The molecule has 119 valence electrons. The lowest BCUT2D eigenvalue weighted by molar-refractivity contribution is -0.117. The van der Waals surface area contributed by atoms with Crippen LogP contribution in [0, 0.1) is 23.3 Å². The molecule has 0 aliphatic heterocycles. The van der Waals surface area contributed by atoms with Crippen molar-refractivity contribution >= 4 is 17.6 Å². The van der Waals surface area contributed by atoms with Crippen LogP contribution >= 0.6 is 0 Å². The highest BCUT2D eigenvalue weighted by molar-refractivity contribution is 5.95. The highest BCUT2D eigenvalue weighted by Gasteiger charge is 2.29. The summed E-state index contributed by atoms with van der Waals surface area (Å²) in [4.78, 5) is 28.0. The molecule has 3 rings (SSSR count). The summed E-state index contributed by atoms with van der Waals surface area (Å²) in [6.07, 6.45) is 1.81. The maximum atomic E-state index is 12.2. The summed E-state index contributed by atoms with van der Waals surface area (Å²) in [7, 11) is 0. The number of carbonyl (C=O) groups is 2.